The second kappa shape index (κ2) is 13.1. The monoisotopic (exact) mass is 667 g/mol. The molecule has 3 saturated heterocycles. The molecule has 0 unspecified atom stereocenters. The lowest BCUT2D eigenvalue weighted by atomic mass is 9.71. The number of methoxy groups -OCH3 is 1. The number of fused-ring (bicyclic) bond motifs is 4. The first-order valence-electron chi connectivity index (χ1n) is 18.0. The number of aryl methyl sites for hydroxylation is 1. The average molecular weight is 668 g/mol. The van der Waals surface area contributed by atoms with E-state index in [2.05, 4.69) is 56.3 Å². The van der Waals surface area contributed by atoms with E-state index in [0.717, 1.165) is 93.9 Å². The molecule has 258 valence electrons. The molecule has 4 aliphatic heterocycles. The number of rotatable bonds is 7. The van der Waals surface area contributed by atoms with Crippen LogP contribution in [0.3, 0.4) is 0 Å². The number of aromatic nitrogens is 3. The summed E-state index contributed by atoms with van der Waals surface area (Å²) in [7, 11) is 3.84. The predicted molar refractivity (Wildman–Crippen MR) is 186 cm³/mol. The fourth-order valence-corrected chi connectivity index (χ4v) is 9.21. The number of hydrogen-bond donors (Lipinski definition) is 2. The predicted octanol–water partition coefficient (Wildman–Crippen LogP) is 3.78. The van der Waals surface area contributed by atoms with Crippen LogP contribution in [-0.2, 0) is 24.9 Å². The first-order valence-corrected chi connectivity index (χ1v) is 18.0. The van der Waals surface area contributed by atoms with Gasteiger partial charge in [0, 0.05) is 56.6 Å². The number of allylic oxidation sites excluding steroid dienone is 1. The first-order chi connectivity index (χ1) is 23.9. The molecule has 3 fully saturated rings. The van der Waals surface area contributed by atoms with Crippen LogP contribution in [0.1, 0.15) is 66.6 Å². The Morgan fingerprint density at radius 1 is 1.06 bits per heavy atom. The highest BCUT2D eigenvalue weighted by Crippen LogP contribution is 2.47. The standard InChI is InChI=1S/C38H47FN8O2/c1-45-24-29-33(21-38(45)15-6-10-26-9-3-4-11-30(26)38)43-36(49-25-37-14-7-18-47(37)22-27(39)20-37)44-35(29)46-17-8-16-41-28(23-46)19-31(40)32-12-5-13-34(42-32)48-2/h3-5,9,11-13,19,27,40-41H,6-8,10,14-18,20-25H2,1-2H3/p+1/b28-19-,40-31?/t27-,37+,38+/m1/s1. The van der Waals surface area contributed by atoms with Gasteiger partial charge in [0.25, 0.3) is 0 Å². The maximum Gasteiger partial charge on any atom is 0.318 e. The number of anilines is 1. The summed E-state index contributed by atoms with van der Waals surface area (Å²) in [6.07, 6.45) is 8.74. The second-order valence-corrected chi connectivity index (χ2v) is 14.7. The number of ether oxygens (including phenoxy) is 2. The fourth-order valence-electron chi connectivity index (χ4n) is 9.21. The van der Waals surface area contributed by atoms with Gasteiger partial charge in [0.1, 0.15) is 24.3 Å². The topological polar surface area (TPSA) is 107 Å². The Morgan fingerprint density at radius 2 is 1.96 bits per heavy atom. The normalized spacial score (nSPS) is 27.9. The number of quaternary nitrogens is 1. The van der Waals surface area contributed by atoms with Crippen molar-refractivity contribution in [3.05, 3.63) is 82.3 Å². The Morgan fingerprint density at radius 3 is 2.86 bits per heavy atom. The number of alkyl halides is 1. The summed E-state index contributed by atoms with van der Waals surface area (Å²) in [6, 6.07) is 14.8. The molecule has 0 radical (unpaired) electrons. The maximum absolute atomic E-state index is 14.6. The van der Waals surface area contributed by atoms with Gasteiger partial charge in [-0.2, -0.15) is 9.97 Å². The quantitative estimate of drug-likeness (QED) is 0.367. The molecule has 2 aromatic heterocycles. The van der Waals surface area contributed by atoms with Crippen molar-refractivity contribution < 1.29 is 19.2 Å². The molecule has 10 nitrogen and oxygen atoms in total. The van der Waals surface area contributed by atoms with Gasteiger partial charge in [-0.3, -0.25) is 15.2 Å². The Balaban J connectivity index is 1.15. The van der Waals surface area contributed by atoms with Crippen LogP contribution in [-0.4, -0.2) is 95.7 Å². The van der Waals surface area contributed by atoms with Crippen molar-refractivity contribution in [1.82, 2.24) is 24.8 Å². The molecule has 5 aliphatic rings. The van der Waals surface area contributed by atoms with E-state index in [1.54, 1.807) is 13.2 Å². The summed E-state index contributed by atoms with van der Waals surface area (Å²) in [6.45, 7) is 4.93. The molecule has 3 atom stereocenters. The van der Waals surface area contributed by atoms with Crippen molar-refractivity contribution in [1.29, 1.82) is 5.41 Å². The minimum absolute atomic E-state index is 0.130. The molecule has 11 heteroatoms. The number of nitrogens with zero attached hydrogens (tertiary/aromatic N) is 6. The van der Waals surface area contributed by atoms with Crippen molar-refractivity contribution in [3.8, 4) is 11.9 Å². The van der Waals surface area contributed by atoms with Gasteiger partial charge >= 0.3 is 6.01 Å². The van der Waals surface area contributed by atoms with E-state index in [-0.39, 0.29) is 11.1 Å². The molecule has 49 heavy (non-hydrogen) atoms. The van der Waals surface area contributed by atoms with Gasteiger partial charge in [-0.15, -0.1) is 0 Å². The largest absolute Gasteiger partial charge is 0.481 e. The van der Waals surface area contributed by atoms with Crippen LogP contribution in [0.5, 0.6) is 11.9 Å². The molecule has 3 N–H and O–H groups in total. The molecule has 1 aliphatic carbocycles. The zero-order valence-corrected chi connectivity index (χ0v) is 28.8. The van der Waals surface area contributed by atoms with Crippen molar-refractivity contribution in [3.63, 3.8) is 0 Å². The van der Waals surface area contributed by atoms with Crippen molar-refractivity contribution >= 4 is 11.5 Å². The van der Waals surface area contributed by atoms with E-state index < -0.39 is 6.17 Å². The number of nitrogens with one attached hydrogen (secondary N) is 1. The highest BCUT2D eigenvalue weighted by Gasteiger charge is 2.50. The Bertz CT molecular complexity index is 1770. The smallest absolute Gasteiger partial charge is 0.318 e. The third-order valence-electron chi connectivity index (χ3n) is 11.7. The summed E-state index contributed by atoms with van der Waals surface area (Å²) in [5, 5.41) is 11.1. The van der Waals surface area contributed by atoms with Gasteiger partial charge in [0.15, 0.2) is 0 Å². The number of likely N-dealkylation sites (N-methyl/N-ethyl adjacent to an activating group) is 1. The molecule has 0 bridgehead atoms. The number of nitrogens with two attached hydrogens (primary N) is 1. The lowest BCUT2D eigenvalue weighted by Crippen LogP contribution is -2.82. The van der Waals surface area contributed by atoms with Crippen molar-refractivity contribution in [2.45, 2.75) is 75.2 Å². The van der Waals surface area contributed by atoms with Gasteiger partial charge in [-0.1, -0.05) is 30.3 Å². The Kier molecular flexibility index (Phi) is 8.62. The van der Waals surface area contributed by atoms with E-state index in [1.807, 2.05) is 18.2 Å². The first kappa shape index (κ1) is 32.3. The summed E-state index contributed by atoms with van der Waals surface area (Å²) in [5.74, 6) is 1.41. The molecule has 6 heterocycles. The highest BCUT2D eigenvalue weighted by atomic mass is 19.1. The molecule has 1 aromatic carbocycles. The summed E-state index contributed by atoms with van der Waals surface area (Å²) >= 11 is 0. The Labute approximate surface area is 288 Å². The van der Waals surface area contributed by atoms with Crippen LogP contribution in [0.4, 0.5) is 10.2 Å². The number of pyridine rings is 1. The SMILES string of the molecule is COc1cccc(C(=N)/C=C2/CN(c3nc(OC[C@@]45CCCN4C[C@H](F)C5)nc4c3CN(C)[C@@]3(CCCc5ccccc53)C4)CCC[NH2+]2)n1. The maximum atomic E-state index is 14.6. The molecule has 3 aromatic rings. The van der Waals surface area contributed by atoms with E-state index >= 15 is 0 Å². The molecule has 8 rings (SSSR count). The third-order valence-corrected chi connectivity index (χ3v) is 11.7. The van der Waals surface area contributed by atoms with Crippen molar-refractivity contribution in [2.75, 3.05) is 58.4 Å². The lowest BCUT2D eigenvalue weighted by molar-refractivity contribution is -0.604. The highest BCUT2D eigenvalue weighted by molar-refractivity contribution is 6.05. The number of halogens is 1. The van der Waals surface area contributed by atoms with Crippen LogP contribution in [0.15, 0.2) is 54.2 Å². The third kappa shape index (κ3) is 5.99. The molecule has 0 amide bonds. The zero-order valence-electron chi connectivity index (χ0n) is 28.8. The van der Waals surface area contributed by atoms with E-state index in [9.17, 15) is 4.39 Å². The van der Waals surface area contributed by atoms with Gasteiger partial charge in [-0.05, 0) is 62.9 Å². The molecular weight excluding hydrogens is 619 g/mol. The molecule has 0 saturated carbocycles. The van der Waals surface area contributed by atoms with Gasteiger partial charge in [0.2, 0.25) is 5.88 Å². The zero-order chi connectivity index (χ0) is 33.6. The van der Waals surface area contributed by atoms with Crippen LogP contribution in [0.2, 0.25) is 0 Å². The summed E-state index contributed by atoms with van der Waals surface area (Å²) in [5.41, 5.74) is 6.63. The van der Waals surface area contributed by atoms with Gasteiger partial charge in [0.05, 0.1) is 48.4 Å². The van der Waals surface area contributed by atoms with Gasteiger partial charge < -0.3 is 19.7 Å². The van der Waals surface area contributed by atoms with Crippen LogP contribution in [0.25, 0.3) is 0 Å². The van der Waals surface area contributed by atoms with Crippen LogP contribution < -0.4 is 19.7 Å². The van der Waals surface area contributed by atoms with Gasteiger partial charge in [-0.25, -0.2) is 9.37 Å². The van der Waals surface area contributed by atoms with Crippen molar-refractivity contribution in [2.24, 2.45) is 0 Å². The average Bonchev–Trinajstić information content (AvgIpc) is 3.54. The number of benzene rings is 1. The Hall–Kier alpha value is -3.93. The summed E-state index contributed by atoms with van der Waals surface area (Å²) < 4.78 is 26.5. The fraction of sp³-hybridized carbons (Fsp3) is 0.526. The number of hydrogen-bond acceptors (Lipinski definition) is 9. The van der Waals surface area contributed by atoms with E-state index in [1.165, 1.54) is 11.1 Å². The van der Waals surface area contributed by atoms with Crippen LogP contribution >= 0.6 is 0 Å². The second-order valence-electron chi connectivity index (χ2n) is 14.7. The summed E-state index contributed by atoms with van der Waals surface area (Å²) in [4.78, 5) is 22.0. The minimum atomic E-state index is -0.810. The molecular formula is C38H48FN8O2+. The van der Waals surface area contributed by atoms with Crippen LogP contribution in [0, 0.1) is 5.41 Å². The van der Waals surface area contributed by atoms with E-state index in [4.69, 9.17) is 24.9 Å². The van der Waals surface area contributed by atoms with E-state index in [0.29, 0.717) is 49.4 Å². The lowest BCUT2D eigenvalue weighted by Gasteiger charge is -2.49. The minimum Gasteiger partial charge on any atom is -0.481 e. The molecule has 1 spiro atoms.